The first kappa shape index (κ1) is 77.0. The minimum atomic E-state index is -1.08. The van der Waals surface area contributed by atoms with E-state index < -0.39 is 104 Å². The van der Waals surface area contributed by atoms with E-state index in [0.29, 0.717) is 24.2 Å². The van der Waals surface area contributed by atoms with E-state index in [9.17, 15) is 10.2 Å². The Morgan fingerprint density at radius 1 is 0.426 bits per heavy atom. The third-order valence-corrected chi connectivity index (χ3v) is 19.0. The van der Waals surface area contributed by atoms with Crippen molar-refractivity contribution in [1.82, 2.24) is 0 Å². The molecule has 3 fully saturated rings. The molecule has 0 radical (unpaired) electrons. The number of aliphatic hydroxyl groups excluding tert-OH is 2. The second-order valence-corrected chi connectivity index (χ2v) is 26.1. The maximum absolute atomic E-state index is 10.5. The molecule has 16 nitrogen and oxygen atoms in total. The van der Waals surface area contributed by atoms with E-state index in [1.165, 1.54) is 57.8 Å². The molecule has 4 aromatic carbocycles. The second-order valence-electron chi connectivity index (χ2n) is 26.1. The standard InChI is InChI=1S/C78H116O16/c1-11-66(81-6)55(2)37-35-36-46-64(80)51-63(79)45-34-23-21-19-17-15-13-12-14-16-18-20-22-27-38-59-47-49-65(50-48-59)92-76-74(85-10)71(68(57(4)90-76)86-52-60-39-28-24-29-40-60)93-78-75(88-54-62-43-32-26-33-44-62)72(69(58(5)91-78)87-53-61-41-30-25-31-42-61)94-77-73(84-9)70(83-8)67(82-7)56(3)89-77/h24-26,28-33,39-44,47-50,55-58,63-64,66-80H,11-23,34-37,45-46,51-54H2,1-10H3/t55-,56-,57-,58-,63+,64+,66+,67+,68-,69-,70+,71+,72+,73-,74+,75+,76-,77-,78-/m0/s1. The van der Waals surface area contributed by atoms with Crippen molar-refractivity contribution in [2.24, 2.45) is 5.92 Å². The first-order chi connectivity index (χ1) is 45.9. The van der Waals surface area contributed by atoms with Gasteiger partial charge in [0.15, 0.2) is 12.6 Å². The molecular formula is C78H116O16. The first-order valence-corrected chi connectivity index (χ1v) is 35.4. The van der Waals surface area contributed by atoms with E-state index in [-0.39, 0.29) is 19.8 Å². The normalized spacial score (nSPS) is 27.6. The van der Waals surface area contributed by atoms with Gasteiger partial charge in [-0.05, 0) is 106 Å². The minimum Gasteiger partial charge on any atom is -0.462 e. The van der Waals surface area contributed by atoms with Crippen LogP contribution in [0, 0.1) is 17.8 Å². The van der Waals surface area contributed by atoms with Crippen LogP contribution >= 0.6 is 0 Å². The molecule has 3 saturated heterocycles. The van der Waals surface area contributed by atoms with Gasteiger partial charge in [0.05, 0.1) is 56.4 Å². The quantitative estimate of drug-likeness (QED) is 0.0317. The van der Waals surface area contributed by atoms with Gasteiger partial charge in [-0.3, -0.25) is 0 Å². The lowest BCUT2D eigenvalue weighted by atomic mass is 9.94. The van der Waals surface area contributed by atoms with Crippen molar-refractivity contribution in [3.8, 4) is 17.6 Å². The lowest BCUT2D eigenvalue weighted by molar-refractivity contribution is -0.385. The van der Waals surface area contributed by atoms with Gasteiger partial charge in [-0.15, -0.1) is 0 Å². The highest BCUT2D eigenvalue weighted by Crippen LogP contribution is 2.39. The molecule has 19 atom stereocenters. The molecule has 3 heterocycles. The number of benzene rings is 4. The van der Waals surface area contributed by atoms with Gasteiger partial charge < -0.3 is 76.5 Å². The molecular weight excluding hydrogens is 1190 g/mol. The van der Waals surface area contributed by atoms with Gasteiger partial charge in [0, 0.05) is 47.5 Å². The molecule has 16 heteroatoms. The summed E-state index contributed by atoms with van der Waals surface area (Å²) >= 11 is 0. The third-order valence-electron chi connectivity index (χ3n) is 19.0. The van der Waals surface area contributed by atoms with Crippen molar-refractivity contribution in [2.45, 2.75) is 293 Å². The van der Waals surface area contributed by atoms with Crippen LogP contribution in [0.4, 0.5) is 0 Å². The minimum absolute atomic E-state index is 0.192. The summed E-state index contributed by atoms with van der Waals surface area (Å²) in [5.74, 6) is 7.88. The van der Waals surface area contributed by atoms with Crippen LogP contribution in [0.3, 0.4) is 0 Å². The molecule has 0 aromatic heterocycles. The van der Waals surface area contributed by atoms with Gasteiger partial charge in [0.25, 0.3) is 0 Å². The van der Waals surface area contributed by atoms with Crippen LogP contribution in [0.1, 0.15) is 185 Å². The summed E-state index contributed by atoms with van der Waals surface area (Å²) in [6.07, 6.45) is 10.2. The highest BCUT2D eigenvalue weighted by atomic mass is 16.8. The molecule has 0 aliphatic carbocycles. The molecule has 0 bridgehead atoms. The van der Waals surface area contributed by atoms with Gasteiger partial charge in [-0.2, -0.15) is 0 Å². The number of hydrogen-bond donors (Lipinski definition) is 2. The lowest BCUT2D eigenvalue weighted by Gasteiger charge is -2.51. The van der Waals surface area contributed by atoms with E-state index in [1.807, 2.05) is 136 Å². The average molecular weight is 1310 g/mol. The summed E-state index contributed by atoms with van der Waals surface area (Å²) in [6.45, 7) is 11.0. The molecule has 3 aliphatic rings. The lowest BCUT2D eigenvalue weighted by Crippen LogP contribution is -2.67. The van der Waals surface area contributed by atoms with Crippen molar-refractivity contribution in [3.05, 3.63) is 138 Å². The van der Waals surface area contributed by atoms with Crippen molar-refractivity contribution in [2.75, 3.05) is 35.5 Å². The molecule has 3 aliphatic heterocycles. The van der Waals surface area contributed by atoms with Gasteiger partial charge in [-0.25, -0.2) is 0 Å². The number of ether oxygens (including phenoxy) is 14. The Labute approximate surface area is 563 Å². The summed E-state index contributed by atoms with van der Waals surface area (Å²) in [5.41, 5.74) is 3.80. The monoisotopic (exact) mass is 1310 g/mol. The Balaban J connectivity index is 0.919. The van der Waals surface area contributed by atoms with Crippen LogP contribution in [-0.2, 0) is 81.4 Å². The number of aliphatic hydroxyl groups is 2. The summed E-state index contributed by atoms with van der Waals surface area (Å²) in [7, 11) is 8.29. The molecule has 2 N–H and O–H groups in total. The van der Waals surface area contributed by atoms with Crippen LogP contribution in [0.5, 0.6) is 5.75 Å². The van der Waals surface area contributed by atoms with E-state index in [1.54, 1.807) is 35.5 Å². The molecule has 0 spiro atoms. The average Bonchev–Trinajstić information content (AvgIpc) is 0.774. The fourth-order valence-corrected chi connectivity index (χ4v) is 13.5. The van der Waals surface area contributed by atoms with Gasteiger partial charge in [0.2, 0.25) is 6.29 Å². The van der Waals surface area contributed by atoms with Crippen LogP contribution in [0.15, 0.2) is 115 Å². The summed E-state index contributed by atoms with van der Waals surface area (Å²) in [4.78, 5) is 0. The Morgan fingerprint density at radius 2 is 0.819 bits per heavy atom. The number of methoxy groups -OCH3 is 5. The zero-order chi connectivity index (χ0) is 66.9. The van der Waals surface area contributed by atoms with Crippen molar-refractivity contribution in [3.63, 3.8) is 0 Å². The third kappa shape index (κ3) is 24.9. The van der Waals surface area contributed by atoms with Crippen molar-refractivity contribution < 1.29 is 76.5 Å². The van der Waals surface area contributed by atoms with Crippen LogP contribution in [-0.4, -0.2) is 156 Å². The summed E-state index contributed by atoms with van der Waals surface area (Å²) < 4.78 is 92.3. The Kier molecular flexibility index (Phi) is 35.3. The predicted molar refractivity (Wildman–Crippen MR) is 365 cm³/mol. The van der Waals surface area contributed by atoms with Crippen LogP contribution < -0.4 is 4.74 Å². The first-order valence-electron chi connectivity index (χ1n) is 35.4. The molecule has 94 heavy (non-hydrogen) atoms. The van der Waals surface area contributed by atoms with Crippen LogP contribution in [0.2, 0.25) is 0 Å². The van der Waals surface area contributed by atoms with Gasteiger partial charge in [-0.1, -0.05) is 200 Å². The molecule has 524 valence electrons. The van der Waals surface area contributed by atoms with E-state index in [4.69, 9.17) is 66.3 Å². The molecule has 0 saturated carbocycles. The fourth-order valence-electron chi connectivity index (χ4n) is 13.5. The number of rotatable bonds is 43. The van der Waals surface area contributed by atoms with Crippen molar-refractivity contribution >= 4 is 0 Å². The van der Waals surface area contributed by atoms with Crippen molar-refractivity contribution in [1.29, 1.82) is 0 Å². The maximum atomic E-state index is 10.5. The number of hydrogen-bond acceptors (Lipinski definition) is 16. The predicted octanol–water partition coefficient (Wildman–Crippen LogP) is 14.4. The zero-order valence-electron chi connectivity index (χ0n) is 58.3. The SMILES string of the molecule is CC[C@@H](OC)[C@@H](C)CCCC[C@@H](O)C[C@H](O)CCCCCCCCCCCCCCC#Cc1ccc(O[C@@H]2O[C@@H](C)[C@H](OCc3ccccc3)[C@@H](O[C@@H]3O[C@@H](C)[C@H](OCc4ccccc4)[C@@H](O[C@@H]4O[C@@H](C)[C@@H](OC)[C@@H](OC)[C@@H]4OC)[C@H]3OCc3ccccc3)[C@H]2OC)cc1. The van der Waals surface area contributed by atoms with Gasteiger partial charge in [0.1, 0.15) is 60.7 Å². The molecule has 4 aromatic rings. The fraction of sp³-hybridized carbons (Fsp3) is 0.667. The Hall–Kier alpha value is -4.36. The van der Waals surface area contributed by atoms with E-state index in [0.717, 1.165) is 86.5 Å². The Bertz CT molecular complexity index is 2640. The van der Waals surface area contributed by atoms with Gasteiger partial charge >= 0.3 is 0 Å². The topological polar surface area (TPSA) is 170 Å². The number of unbranched alkanes of at least 4 members (excludes halogenated alkanes) is 13. The highest BCUT2D eigenvalue weighted by Gasteiger charge is 2.56. The maximum Gasteiger partial charge on any atom is 0.229 e. The van der Waals surface area contributed by atoms with Crippen LogP contribution in [0.25, 0.3) is 0 Å². The van der Waals surface area contributed by atoms with E-state index in [2.05, 4.69) is 25.7 Å². The summed E-state index contributed by atoms with van der Waals surface area (Å²) in [6, 6.07) is 37.7. The molecule has 7 rings (SSSR count). The zero-order valence-corrected chi connectivity index (χ0v) is 58.3. The molecule has 0 amide bonds. The molecule has 0 unspecified atom stereocenters. The summed E-state index contributed by atoms with van der Waals surface area (Å²) in [5, 5.41) is 21.0. The second kappa shape index (κ2) is 43.1. The smallest absolute Gasteiger partial charge is 0.229 e. The largest absolute Gasteiger partial charge is 0.462 e. The van der Waals surface area contributed by atoms with E-state index >= 15 is 0 Å². The Morgan fingerprint density at radius 3 is 1.29 bits per heavy atom. The highest BCUT2D eigenvalue weighted by molar-refractivity contribution is 5.38.